The van der Waals surface area contributed by atoms with Crippen LogP contribution in [-0.2, 0) is 0 Å². The Hall–Kier alpha value is -1.83. The maximum atomic E-state index is 13.2. The first kappa shape index (κ1) is 24.4. The summed E-state index contributed by atoms with van der Waals surface area (Å²) in [5.41, 5.74) is 0.949. The van der Waals surface area contributed by atoms with Gasteiger partial charge < -0.3 is 15.0 Å². The number of carbonyl (C=O) groups is 1. The van der Waals surface area contributed by atoms with Crippen molar-refractivity contribution in [2.45, 2.75) is 6.04 Å². The van der Waals surface area contributed by atoms with Gasteiger partial charge in [-0.3, -0.25) is 9.78 Å². The Balaban J connectivity index is 0.00000160. The molecule has 1 aromatic carbocycles. The van der Waals surface area contributed by atoms with Crippen molar-refractivity contribution < 1.29 is 9.53 Å². The zero-order valence-corrected chi connectivity index (χ0v) is 19.2. The number of hydrogen-bond donors (Lipinski definition) is 1. The topological polar surface area (TPSA) is 54.5 Å². The fourth-order valence-corrected chi connectivity index (χ4v) is 4.50. The Kier molecular flexibility index (Phi) is 9.39. The fraction of sp³-hybridized carbons (Fsp3) is 0.238. The molecule has 1 N–H and O–H groups in total. The lowest BCUT2D eigenvalue weighted by atomic mass is 10.2. The molecule has 4 rings (SSSR count). The van der Waals surface area contributed by atoms with Crippen molar-refractivity contribution in [2.75, 3.05) is 26.2 Å². The van der Waals surface area contributed by atoms with Gasteiger partial charge in [-0.05, 0) is 30.3 Å². The maximum Gasteiger partial charge on any atom is 0.264 e. The highest BCUT2D eigenvalue weighted by Crippen LogP contribution is 2.33. The first-order valence-corrected chi connectivity index (χ1v) is 10.3. The molecule has 2 aromatic heterocycles. The Morgan fingerprint density at radius 3 is 2.80 bits per heavy atom. The third kappa shape index (κ3) is 5.65. The van der Waals surface area contributed by atoms with Crippen molar-refractivity contribution in [3.05, 3.63) is 70.8 Å². The summed E-state index contributed by atoms with van der Waals surface area (Å²) in [6, 6.07) is 15.2. The van der Waals surface area contributed by atoms with E-state index in [0.717, 1.165) is 17.0 Å². The first-order valence-electron chi connectivity index (χ1n) is 9.11. The van der Waals surface area contributed by atoms with Crippen molar-refractivity contribution in [1.82, 2.24) is 15.2 Å². The molecule has 3 aromatic rings. The quantitative estimate of drug-likeness (QED) is 0.563. The number of halogens is 3. The number of carbonyl (C=O) groups excluding carboxylic acids is 1. The SMILES string of the molecule is Cl.Cl.O=C(c1ccc(-c2ccccc2Cl)s1)N1CCNCC1COc1cccnc1. The van der Waals surface area contributed by atoms with E-state index in [1.54, 1.807) is 12.4 Å². The summed E-state index contributed by atoms with van der Waals surface area (Å²) in [5, 5.41) is 4.03. The van der Waals surface area contributed by atoms with E-state index < -0.39 is 0 Å². The van der Waals surface area contributed by atoms with Gasteiger partial charge in [0, 0.05) is 41.3 Å². The molecule has 30 heavy (non-hydrogen) atoms. The number of amides is 1. The van der Waals surface area contributed by atoms with Gasteiger partial charge in [0.15, 0.2) is 0 Å². The lowest BCUT2D eigenvalue weighted by Gasteiger charge is -2.35. The Morgan fingerprint density at radius 1 is 1.20 bits per heavy atom. The number of pyridine rings is 1. The molecule has 0 radical (unpaired) electrons. The molecule has 1 unspecified atom stereocenters. The summed E-state index contributed by atoms with van der Waals surface area (Å²) in [7, 11) is 0. The van der Waals surface area contributed by atoms with Crippen molar-refractivity contribution in [2.24, 2.45) is 0 Å². The molecule has 1 atom stereocenters. The molecule has 1 amide bonds. The van der Waals surface area contributed by atoms with Crippen LogP contribution in [0.3, 0.4) is 0 Å². The van der Waals surface area contributed by atoms with Gasteiger partial charge in [-0.25, -0.2) is 0 Å². The number of thiophene rings is 1. The molecule has 1 fully saturated rings. The fourth-order valence-electron chi connectivity index (χ4n) is 3.20. The molecule has 160 valence electrons. The largest absolute Gasteiger partial charge is 0.490 e. The van der Waals surface area contributed by atoms with Crippen molar-refractivity contribution in [3.63, 3.8) is 0 Å². The van der Waals surface area contributed by atoms with Gasteiger partial charge in [-0.2, -0.15) is 0 Å². The highest BCUT2D eigenvalue weighted by atomic mass is 35.5. The van der Waals surface area contributed by atoms with E-state index in [1.807, 2.05) is 53.4 Å². The lowest BCUT2D eigenvalue weighted by Crippen LogP contribution is -2.55. The zero-order valence-electron chi connectivity index (χ0n) is 16.0. The van der Waals surface area contributed by atoms with Crippen molar-refractivity contribution >= 4 is 53.7 Å². The van der Waals surface area contributed by atoms with E-state index in [2.05, 4.69) is 10.3 Å². The molecule has 5 nitrogen and oxygen atoms in total. The third-order valence-corrected chi connectivity index (χ3v) is 6.08. The zero-order chi connectivity index (χ0) is 19.3. The Labute approximate surface area is 197 Å². The van der Waals surface area contributed by atoms with E-state index in [1.165, 1.54) is 11.3 Å². The Morgan fingerprint density at radius 2 is 2.03 bits per heavy atom. The predicted octanol–water partition coefficient (Wildman–Crippen LogP) is 4.80. The van der Waals surface area contributed by atoms with E-state index >= 15 is 0 Å². The van der Waals surface area contributed by atoms with E-state index in [-0.39, 0.29) is 36.8 Å². The van der Waals surface area contributed by atoms with Crippen LogP contribution in [-0.4, -0.2) is 48.1 Å². The van der Waals surface area contributed by atoms with Crippen LogP contribution in [0.4, 0.5) is 0 Å². The maximum absolute atomic E-state index is 13.2. The molecular weight excluding hydrogens is 465 g/mol. The molecule has 1 aliphatic heterocycles. The molecule has 1 saturated heterocycles. The molecule has 9 heteroatoms. The number of hydrogen-bond acceptors (Lipinski definition) is 5. The number of aromatic nitrogens is 1. The number of benzene rings is 1. The monoisotopic (exact) mass is 485 g/mol. The van der Waals surface area contributed by atoms with E-state index in [9.17, 15) is 4.79 Å². The van der Waals surface area contributed by atoms with Crippen LogP contribution < -0.4 is 10.1 Å². The summed E-state index contributed by atoms with van der Waals surface area (Å²) < 4.78 is 5.84. The van der Waals surface area contributed by atoms with Crippen LogP contribution in [0.5, 0.6) is 5.75 Å². The van der Waals surface area contributed by atoms with Gasteiger partial charge >= 0.3 is 0 Å². The summed E-state index contributed by atoms with van der Waals surface area (Å²) >= 11 is 7.77. The average Bonchev–Trinajstić information content (AvgIpc) is 3.23. The highest BCUT2D eigenvalue weighted by molar-refractivity contribution is 7.17. The molecule has 0 bridgehead atoms. The standard InChI is InChI=1S/C21H20ClN3O2S.2ClH/c22-18-6-2-1-5-17(18)19-7-8-20(28-19)21(26)25-11-10-24-12-15(25)14-27-16-4-3-9-23-13-16;;/h1-9,13,15,24H,10-12,14H2;2*1H. The first-order chi connectivity index (χ1) is 13.7. The summed E-state index contributed by atoms with van der Waals surface area (Å²) in [6.45, 7) is 2.55. The van der Waals surface area contributed by atoms with Gasteiger partial charge in [0.05, 0.1) is 17.1 Å². The van der Waals surface area contributed by atoms with Crippen molar-refractivity contribution in [1.29, 1.82) is 0 Å². The van der Waals surface area contributed by atoms with E-state index in [0.29, 0.717) is 35.3 Å². The number of piperazine rings is 1. The average molecular weight is 487 g/mol. The third-order valence-electron chi connectivity index (χ3n) is 4.64. The van der Waals surface area contributed by atoms with Gasteiger partial charge in [0.25, 0.3) is 5.91 Å². The number of rotatable bonds is 5. The van der Waals surface area contributed by atoms with E-state index in [4.69, 9.17) is 16.3 Å². The van der Waals surface area contributed by atoms with Crippen LogP contribution in [0.15, 0.2) is 60.9 Å². The number of nitrogens with zero attached hydrogens (tertiary/aromatic N) is 2. The van der Waals surface area contributed by atoms with Crippen LogP contribution in [0, 0.1) is 0 Å². The van der Waals surface area contributed by atoms with Gasteiger partial charge in [0.1, 0.15) is 12.4 Å². The number of ether oxygens (including phenoxy) is 1. The summed E-state index contributed by atoms with van der Waals surface area (Å²) in [5.74, 6) is 0.738. The molecule has 1 aliphatic rings. The smallest absolute Gasteiger partial charge is 0.264 e. The molecule has 0 saturated carbocycles. The summed E-state index contributed by atoms with van der Waals surface area (Å²) in [4.78, 5) is 20.8. The Bertz CT molecular complexity index is 955. The minimum atomic E-state index is -0.0349. The van der Waals surface area contributed by atoms with Crippen LogP contribution >= 0.6 is 47.8 Å². The predicted molar refractivity (Wildman–Crippen MR) is 127 cm³/mol. The van der Waals surface area contributed by atoms with Gasteiger partial charge in [-0.1, -0.05) is 29.8 Å². The number of nitrogens with one attached hydrogen (secondary N) is 1. The van der Waals surface area contributed by atoms with Crippen LogP contribution in [0.25, 0.3) is 10.4 Å². The minimum absolute atomic E-state index is 0. The van der Waals surface area contributed by atoms with Crippen LogP contribution in [0.2, 0.25) is 5.02 Å². The highest BCUT2D eigenvalue weighted by Gasteiger charge is 2.29. The van der Waals surface area contributed by atoms with Gasteiger partial charge in [-0.15, -0.1) is 36.2 Å². The van der Waals surface area contributed by atoms with Crippen molar-refractivity contribution in [3.8, 4) is 16.2 Å². The second-order valence-corrected chi connectivity index (χ2v) is 7.99. The van der Waals surface area contributed by atoms with Gasteiger partial charge in [0.2, 0.25) is 0 Å². The molecule has 0 spiro atoms. The molecule has 3 heterocycles. The van der Waals surface area contributed by atoms with Crippen LogP contribution in [0.1, 0.15) is 9.67 Å². The minimum Gasteiger partial charge on any atom is -0.490 e. The second-order valence-electron chi connectivity index (χ2n) is 6.50. The normalized spacial score (nSPS) is 15.6. The second kappa shape index (κ2) is 11.5. The summed E-state index contributed by atoms with van der Waals surface area (Å²) in [6.07, 6.45) is 3.38. The molecular formula is C21H22Cl3N3O2S. The molecule has 0 aliphatic carbocycles. The lowest BCUT2D eigenvalue weighted by molar-refractivity contribution is 0.0564.